The first-order valence-corrected chi connectivity index (χ1v) is 8.57. The molecule has 0 radical (unpaired) electrons. The number of carbonyl (C=O) groups excluding carboxylic acids is 2. The molecule has 0 saturated heterocycles. The summed E-state index contributed by atoms with van der Waals surface area (Å²) < 4.78 is 55.5. The van der Waals surface area contributed by atoms with Gasteiger partial charge in [-0.15, -0.1) is 0 Å². The van der Waals surface area contributed by atoms with Crippen LogP contribution < -0.4 is 5.73 Å². The number of halogens is 5. The number of hydrogen-bond acceptors (Lipinski definition) is 6. The normalized spacial score (nSPS) is 11.1. The quantitative estimate of drug-likeness (QED) is 0.374. The van der Waals surface area contributed by atoms with Crippen LogP contribution in [0.3, 0.4) is 0 Å². The van der Waals surface area contributed by atoms with Crippen LogP contribution in [-0.4, -0.2) is 33.5 Å². The Morgan fingerprint density at radius 2 is 1.90 bits per heavy atom. The monoisotopic (exact) mass is 446 g/mol. The number of ether oxygens (including phenoxy) is 1. The highest BCUT2D eigenvalue weighted by Crippen LogP contribution is 2.29. The van der Waals surface area contributed by atoms with Gasteiger partial charge in [-0.05, 0) is 17.7 Å². The number of benzene rings is 1. The smallest absolute Gasteiger partial charge is 0.435 e. The molecule has 12 heteroatoms. The molecule has 0 saturated carbocycles. The maximum absolute atomic E-state index is 12.6. The molecule has 160 valence electrons. The third-order valence-corrected chi connectivity index (χ3v) is 3.98. The molecule has 0 amide bonds. The second-order valence-corrected chi connectivity index (χ2v) is 6.23. The maximum Gasteiger partial charge on any atom is 0.435 e. The molecule has 2 aromatic heterocycles. The minimum Gasteiger partial charge on any atom is -0.464 e. The summed E-state index contributed by atoms with van der Waals surface area (Å²) in [7, 11) is 1.10. The lowest BCUT2D eigenvalue weighted by atomic mass is 10.2. The van der Waals surface area contributed by atoms with Crippen molar-refractivity contribution in [1.82, 2.24) is 14.6 Å². The Morgan fingerprint density at radius 1 is 1.23 bits per heavy atom. The van der Waals surface area contributed by atoms with Gasteiger partial charge in [0.15, 0.2) is 22.8 Å². The largest absolute Gasteiger partial charge is 0.464 e. The van der Waals surface area contributed by atoms with Gasteiger partial charge in [-0.2, -0.15) is 18.3 Å². The first kappa shape index (κ1) is 23.2. The van der Waals surface area contributed by atoms with E-state index >= 15 is 0 Å². The van der Waals surface area contributed by atoms with E-state index in [1.54, 1.807) is 6.07 Å². The van der Waals surface area contributed by atoms with Gasteiger partial charge in [0.25, 0.3) is 0 Å². The SMILES string of the molecule is COC(=O)c1cc(C(C)=O)n2nc(C(F)(F)F)cc2n1.NCc1ccc(F)c(Cl)c1. The van der Waals surface area contributed by atoms with E-state index in [1.807, 2.05) is 0 Å². The van der Waals surface area contributed by atoms with Gasteiger partial charge < -0.3 is 10.5 Å². The van der Waals surface area contributed by atoms with E-state index in [-0.39, 0.29) is 22.1 Å². The predicted octanol–water partition coefficient (Wildman–Crippen LogP) is 3.68. The summed E-state index contributed by atoms with van der Waals surface area (Å²) in [4.78, 5) is 26.5. The van der Waals surface area contributed by atoms with Crippen LogP contribution in [0, 0.1) is 5.82 Å². The Kier molecular flexibility index (Phi) is 7.11. The van der Waals surface area contributed by atoms with Crippen LogP contribution in [-0.2, 0) is 17.5 Å². The van der Waals surface area contributed by atoms with Gasteiger partial charge in [0.1, 0.15) is 11.5 Å². The molecule has 3 aromatic rings. The molecule has 1 aromatic carbocycles. The van der Waals surface area contributed by atoms with E-state index < -0.39 is 29.4 Å². The first-order valence-electron chi connectivity index (χ1n) is 8.19. The van der Waals surface area contributed by atoms with Crippen LogP contribution >= 0.6 is 11.6 Å². The number of fused-ring (bicyclic) bond motifs is 1. The molecule has 2 N–H and O–H groups in total. The third kappa shape index (κ3) is 5.30. The maximum atomic E-state index is 12.6. The summed E-state index contributed by atoms with van der Waals surface area (Å²) in [5.74, 6) is -1.82. The molecule has 0 fully saturated rings. The van der Waals surface area contributed by atoms with Gasteiger partial charge in [-0.1, -0.05) is 17.7 Å². The number of carbonyl (C=O) groups is 2. The van der Waals surface area contributed by atoms with Crippen molar-refractivity contribution in [3.8, 4) is 0 Å². The number of ketones is 1. The second kappa shape index (κ2) is 9.18. The first-order chi connectivity index (χ1) is 14.0. The van der Waals surface area contributed by atoms with Crippen molar-refractivity contribution in [3.05, 3.63) is 63.8 Å². The summed E-state index contributed by atoms with van der Waals surface area (Å²) >= 11 is 5.46. The van der Waals surface area contributed by atoms with Crippen LogP contribution in [0.4, 0.5) is 17.6 Å². The lowest BCUT2D eigenvalue weighted by Crippen LogP contribution is -2.12. The summed E-state index contributed by atoms with van der Waals surface area (Å²) in [5.41, 5.74) is 4.21. The van der Waals surface area contributed by atoms with Gasteiger partial charge in [-0.3, -0.25) is 4.79 Å². The van der Waals surface area contributed by atoms with E-state index in [2.05, 4.69) is 14.8 Å². The zero-order chi connectivity index (χ0) is 22.6. The molecule has 0 bridgehead atoms. The number of esters is 1. The highest BCUT2D eigenvalue weighted by molar-refractivity contribution is 6.30. The number of nitrogens with zero attached hydrogens (tertiary/aromatic N) is 3. The lowest BCUT2D eigenvalue weighted by molar-refractivity contribution is -0.141. The Morgan fingerprint density at radius 3 is 2.40 bits per heavy atom. The number of rotatable bonds is 3. The number of nitrogens with two attached hydrogens (primary N) is 1. The van der Waals surface area contributed by atoms with Gasteiger partial charge >= 0.3 is 12.1 Å². The topological polar surface area (TPSA) is 99.6 Å². The van der Waals surface area contributed by atoms with E-state index in [0.29, 0.717) is 12.6 Å². The van der Waals surface area contributed by atoms with Crippen LogP contribution in [0.2, 0.25) is 5.02 Å². The molecule has 2 heterocycles. The molecular weight excluding hydrogens is 432 g/mol. The molecule has 0 aliphatic carbocycles. The zero-order valence-corrected chi connectivity index (χ0v) is 16.4. The van der Waals surface area contributed by atoms with Gasteiger partial charge in [0.2, 0.25) is 0 Å². The standard InChI is InChI=1S/C11H8F3N3O3.C7H7ClFN/c1-5(18)7-3-6(10(19)20-2)15-9-4-8(11(12,13)14)16-17(7)9;8-6-3-5(4-10)1-2-7(6)9/h3-4H,1-2H3;1-3H,4,10H2. The van der Waals surface area contributed by atoms with Crippen LogP contribution in [0.5, 0.6) is 0 Å². The van der Waals surface area contributed by atoms with Crippen molar-refractivity contribution in [1.29, 1.82) is 0 Å². The molecule has 3 rings (SSSR count). The van der Waals surface area contributed by atoms with Crippen molar-refractivity contribution in [2.45, 2.75) is 19.6 Å². The van der Waals surface area contributed by atoms with Crippen molar-refractivity contribution < 1.29 is 31.9 Å². The van der Waals surface area contributed by atoms with Gasteiger partial charge in [0.05, 0.1) is 12.1 Å². The molecule has 0 spiro atoms. The van der Waals surface area contributed by atoms with Gasteiger partial charge in [0, 0.05) is 25.6 Å². The fourth-order valence-corrected chi connectivity index (χ4v) is 2.44. The van der Waals surface area contributed by atoms with Crippen LogP contribution in [0.15, 0.2) is 30.3 Å². The van der Waals surface area contributed by atoms with Gasteiger partial charge in [-0.25, -0.2) is 18.7 Å². The number of hydrogen-bond donors (Lipinski definition) is 1. The van der Waals surface area contributed by atoms with Crippen molar-refractivity contribution in [3.63, 3.8) is 0 Å². The molecule has 0 unspecified atom stereocenters. The molecule has 7 nitrogen and oxygen atoms in total. The molecule has 0 atom stereocenters. The summed E-state index contributed by atoms with van der Waals surface area (Å²) in [5, 5.41) is 3.42. The fraction of sp³-hybridized carbons (Fsp3) is 0.222. The number of Topliss-reactive ketones (excluding diaryl/α,β-unsaturated/α-hetero) is 1. The van der Waals surface area contributed by atoms with E-state index in [1.165, 1.54) is 12.1 Å². The minimum atomic E-state index is -4.67. The third-order valence-electron chi connectivity index (χ3n) is 3.69. The molecule has 0 aliphatic rings. The number of aromatic nitrogens is 3. The average molecular weight is 447 g/mol. The average Bonchev–Trinajstić information content (AvgIpc) is 3.13. The molecule has 30 heavy (non-hydrogen) atoms. The zero-order valence-electron chi connectivity index (χ0n) is 15.6. The highest BCUT2D eigenvalue weighted by atomic mass is 35.5. The molecule has 0 aliphatic heterocycles. The van der Waals surface area contributed by atoms with Crippen LogP contribution in [0.25, 0.3) is 5.65 Å². The minimum absolute atomic E-state index is 0.128. The van der Waals surface area contributed by atoms with E-state index in [4.69, 9.17) is 17.3 Å². The van der Waals surface area contributed by atoms with Crippen molar-refractivity contribution >= 4 is 29.0 Å². The van der Waals surface area contributed by atoms with Crippen molar-refractivity contribution in [2.24, 2.45) is 5.73 Å². The van der Waals surface area contributed by atoms with E-state index in [0.717, 1.165) is 30.2 Å². The molecular formula is C18H15ClF4N4O3. The predicted molar refractivity (Wildman–Crippen MR) is 98.6 cm³/mol. The summed E-state index contributed by atoms with van der Waals surface area (Å²) in [6, 6.07) is 6.13. The highest BCUT2D eigenvalue weighted by Gasteiger charge is 2.35. The second-order valence-electron chi connectivity index (χ2n) is 5.82. The fourth-order valence-electron chi connectivity index (χ4n) is 2.24. The lowest BCUT2D eigenvalue weighted by Gasteiger charge is -2.04. The Bertz CT molecular complexity index is 1100. The number of methoxy groups -OCH3 is 1. The summed E-state index contributed by atoms with van der Waals surface area (Å²) in [6.45, 7) is 1.53. The van der Waals surface area contributed by atoms with E-state index in [9.17, 15) is 27.2 Å². The van der Waals surface area contributed by atoms with Crippen LogP contribution in [0.1, 0.15) is 39.2 Å². The van der Waals surface area contributed by atoms with Crippen molar-refractivity contribution in [2.75, 3.05) is 7.11 Å². The Labute approximate surface area is 172 Å². The summed E-state index contributed by atoms with van der Waals surface area (Å²) in [6.07, 6.45) is -4.67. The Balaban J connectivity index is 0.000000269. The Hall–Kier alpha value is -3.05. The number of alkyl halides is 3.